The van der Waals surface area contributed by atoms with E-state index in [1.165, 1.54) is 23.5 Å². The Balaban J connectivity index is 2.46. The van der Waals surface area contributed by atoms with Crippen LogP contribution in [0, 0.1) is 0 Å². The van der Waals surface area contributed by atoms with Gasteiger partial charge in [0.25, 0.3) is 0 Å². The second-order valence-electron chi connectivity index (χ2n) is 4.59. The summed E-state index contributed by atoms with van der Waals surface area (Å²) in [6, 6.07) is 2.63. The lowest BCUT2D eigenvalue weighted by Crippen LogP contribution is -2.52. The van der Waals surface area contributed by atoms with Crippen LogP contribution in [-0.2, 0) is 10.0 Å². The van der Waals surface area contributed by atoms with E-state index in [-0.39, 0.29) is 21.0 Å². The van der Waals surface area contributed by atoms with E-state index in [1.807, 2.05) is 6.92 Å². The fourth-order valence-electron chi connectivity index (χ4n) is 2.17. The number of benzene rings is 1. The van der Waals surface area contributed by atoms with Crippen LogP contribution < -0.4 is 10.1 Å². The second kappa shape index (κ2) is 6.07. The van der Waals surface area contributed by atoms with Crippen molar-refractivity contribution in [3.8, 4) is 5.75 Å². The molecule has 0 bridgehead atoms. The summed E-state index contributed by atoms with van der Waals surface area (Å²) in [4.78, 5) is 0.0127. The molecule has 1 saturated heterocycles. The Bertz CT molecular complexity index is 607. The van der Waals surface area contributed by atoms with Crippen molar-refractivity contribution in [2.75, 3.05) is 26.7 Å². The van der Waals surface area contributed by atoms with Crippen molar-refractivity contribution in [1.29, 1.82) is 0 Å². The van der Waals surface area contributed by atoms with Gasteiger partial charge in [-0.3, -0.25) is 0 Å². The fourth-order valence-corrected chi connectivity index (χ4v) is 4.63. The molecule has 0 spiro atoms. The van der Waals surface area contributed by atoms with Gasteiger partial charge in [0.2, 0.25) is 10.0 Å². The summed E-state index contributed by atoms with van der Waals surface area (Å²) in [5.41, 5.74) is 0. The first kappa shape index (κ1) is 15.9. The molecular formula is C12H16Cl2N2O3S. The average molecular weight is 339 g/mol. The van der Waals surface area contributed by atoms with Crippen LogP contribution in [0.15, 0.2) is 17.0 Å². The Labute approximate surface area is 128 Å². The zero-order valence-electron chi connectivity index (χ0n) is 11.2. The normalized spacial score (nSPS) is 20.9. The van der Waals surface area contributed by atoms with Crippen molar-refractivity contribution in [1.82, 2.24) is 9.62 Å². The number of halogens is 2. The van der Waals surface area contributed by atoms with Gasteiger partial charge in [-0.05, 0) is 13.0 Å². The second-order valence-corrected chi connectivity index (χ2v) is 7.26. The van der Waals surface area contributed by atoms with Crippen LogP contribution in [0.25, 0.3) is 0 Å². The topological polar surface area (TPSA) is 58.6 Å². The van der Waals surface area contributed by atoms with Gasteiger partial charge in [-0.15, -0.1) is 0 Å². The number of piperazine rings is 1. The number of rotatable bonds is 3. The monoisotopic (exact) mass is 338 g/mol. The van der Waals surface area contributed by atoms with Crippen molar-refractivity contribution in [2.45, 2.75) is 17.9 Å². The van der Waals surface area contributed by atoms with Gasteiger partial charge < -0.3 is 10.1 Å². The Morgan fingerprint density at radius 1 is 1.35 bits per heavy atom. The lowest BCUT2D eigenvalue weighted by atomic mass is 10.3. The van der Waals surface area contributed by atoms with Gasteiger partial charge in [0.15, 0.2) is 0 Å². The van der Waals surface area contributed by atoms with Crippen LogP contribution in [0.3, 0.4) is 0 Å². The molecule has 1 aliphatic heterocycles. The number of hydrogen-bond acceptors (Lipinski definition) is 4. The summed E-state index contributed by atoms with van der Waals surface area (Å²) in [5.74, 6) is 0.351. The number of nitrogens with one attached hydrogen (secondary N) is 1. The van der Waals surface area contributed by atoms with E-state index in [0.29, 0.717) is 25.4 Å². The van der Waals surface area contributed by atoms with Crippen LogP contribution in [0.5, 0.6) is 5.75 Å². The maximum Gasteiger partial charge on any atom is 0.244 e. The molecule has 0 amide bonds. The standard InChI is InChI=1S/C12H16Cl2N2O3S/c1-8-7-15-3-4-16(8)20(17,18)12-6-9(13)11(19-2)5-10(12)14/h5-6,8,15H,3-4,7H2,1-2H3. The lowest BCUT2D eigenvalue weighted by Gasteiger charge is -2.33. The van der Waals surface area contributed by atoms with E-state index in [9.17, 15) is 8.42 Å². The number of hydrogen-bond donors (Lipinski definition) is 1. The van der Waals surface area contributed by atoms with E-state index in [1.54, 1.807) is 0 Å². The molecule has 1 atom stereocenters. The highest BCUT2D eigenvalue weighted by atomic mass is 35.5. The summed E-state index contributed by atoms with van der Waals surface area (Å²) < 4.78 is 31.8. The molecule has 5 nitrogen and oxygen atoms in total. The van der Waals surface area contributed by atoms with Crippen LogP contribution in [-0.4, -0.2) is 45.5 Å². The predicted octanol–water partition coefficient (Wildman–Crippen LogP) is 1.98. The molecule has 2 rings (SSSR count). The highest BCUT2D eigenvalue weighted by Gasteiger charge is 2.33. The van der Waals surface area contributed by atoms with Crippen LogP contribution in [0.4, 0.5) is 0 Å². The van der Waals surface area contributed by atoms with E-state index >= 15 is 0 Å². The number of sulfonamides is 1. The lowest BCUT2D eigenvalue weighted by molar-refractivity contribution is 0.284. The van der Waals surface area contributed by atoms with Crippen LogP contribution in [0.2, 0.25) is 10.0 Å². The van der Waals surface area contributed by atoms with Crippen molar-refractivity contribution in [3.63, 3.8) is 0 Å². The van der Waals surface area contributed by atoms with Gasteiger partial charge in [-0.1, -0.05) is 23.2 Å². The highest BCUT2D eigenvalue weighted by Crippen LogP contribution is 2.35. The van der Waals surface area contributed by atoms with E-state index in [4.69, 9.17) is 27.9 Å². The molecule has 1 N–H and O–H groups in total. The first-order chi connectivity index (χ1) is 9.37. The summed E-state index contributed by atoms with van der Waals surface area (Å²) in [5, 5.41) is 3.48. The summed E-state index contributed by atoms with van der Waals surface area (Å²) >= 11 is 12.1. The molecule has 1 fully saturated rings. The SMILES string of the molecule is COc1cc(Cl)c(S(=O)(=O)N2CCNCC2C)cc1Cl. The third-order valence-corrected chi connectivity index (χ3v) is 6.01. The fraction of sp³-hybridized carbons (Fsp3) is 0.500. The Morgan fingerprint density at radius 2 is 2.05 bits per heavy atom. The van der Waals surface area contributed by atoms with E-state index in [2.05, 4.69) is 5.32 Å². The van der Waals surface area contributed by atoms with Crippen LogP contribution in [0.1, 0.15) is 6.92 Å². The van der Waals surface area contributed by atoms with E-state index in [0.717, 1.165) is 0 Å². The molecule has 1 aromatic carbocycles. The molecule has 20 heavy (non-hydrogen) atoms. The van der Waals surface area contributed by atoms with Crippen LogP contribution >= 0.6 is 23.2 Å². The first-order valence-electron chi connectivity index (χ1n) is 6.13. The van der Waals surface area contributed by atoms with Crippen molar-refractivity contribution in [2.24, 2.45) is 0 Å². The Hall–Kier alpha value is -0.530. The number of ether oxygens (including phenoxy) is 1. The predicted molar refractivity (Wildman–Crippen MR) is 79.2 cm³/mol. The third-order valence-electron chi connectivity index (χ3n) is 3.23. The van der Waals surface area contributed by atoms with Gasteiger partial charge in [-0.2, -0.15) is 4.31 Å². The molecular weight excluding hydrogens is 323 g/mol. The Morgan fingerprint density at radius 3 is 2.65 bits per heavy atom. The highest BCUT2D eigenvalue weighted by molar-refractivity contribution is 7.89. The molecule has 1 heterocycles. The smallest absolute Gasteiger partial charge is 0.244 e. The largest absolute Gasteiger partial charge is 0.495 e. The molecule has 1 aliphatic rings. The number of nitrogens with zero attached hydrogens (tertiary/aromatic N) is 1. The molecule has 1 unspecified atom stereocenters. The third kappa shape index (κ3) is 2.89. The van der Waals surface area contributed by atoms with E-state index < -0.39 is 10.0 Å². The van der Waals surface area contributed by atoms with Gasteiger partial charge in [0, 0.05) is 31.7 Å². The number of methoxy groups -OCH3 is 1. The molecule has 112 valence electrons. The minimum Gasteiger partial charge on any atom is -0.495 e. The maximum absolute atomic E-state index is 12.7. The Kier molecular flexibility index (Phi) is 4.81. The zero-order valence-corrected chi connectivity index (χ0v) is 13.5. The first-order valence-corrected chi connectivity index (χ1v) is 8.33. The average Bonchev–Trinajstić information content (AvgIpc) is 2.41. The minimum absolute atomic E-state index is 0.0127. The molecule has 0 saturated carbocycles. The molecule has 0 radical (unpaired) electrons. The molecule has 0 aromatic heterocycles. The summed E-state index contributed by atoms with van der Waals surface area (Å²) in [6.45, 7) is 3.48. The maximum atomic E-state index is 12.7. The van der Waals surface area contributed by atoms with Gasteiger partial charge in [0.1, 0.15) is 10.6 Å². The zero-order chi connectivity index (χ0) is 14.9. The minimum atomic E-state index is -3.67. The van der Waals surface area contributed by atoms with Crippen molar-refractivity contribution >= 4 is 33.2 Å². The summed E-state index contributed by atoms with van der Waals surface area (Å²) in [7, 11) is -2.22. The van der Waals surface area contributed by atoms with Crippen molar-refractivity contribution < 1.29 is 13.2 Å². The van der Waals surface area contributed by atoms with Gasteiger partial charge >= 0.3 is 0 Å². The van der Waals surface area contributed by atoms with Gasteiger partial charge in [0.05, 0.1) is 17.2 Å². The summed E-state index contributed by atoms with van der Waals surface area (Å²) in [6.07, 6.45) is 0. The van der Waals surface area contributed by atoms with Gasteiger partial charge in [-0.25, -0.2) is 8.42 Å². The van der Waals surface area contributed by atoms with Crippen molar-refractivity contribution in [3.05, 3.63) is 22.2 Å². The molecule has 0 aliphatic carbocycles. The quantitative estimate of drug-likeness (QED) is 0.915. The molecule has 8 heteroatoms. The molecule has 1 aromatic rings.